The second kappa shape index (κ2) is 40.7. The quantitative estimate of drug-likeness (QED) is 0.0200. The van der Waals surface area contributed by atoms with Crippen LogP contribution in [0.3, 0.4) is 0 Å². The molecule has 0 saturated carbocycles. The van der Waals surface area contributed by atoms with E-state index in [4.69, 9.17) is 82.7 Å². The van der Waals surface area contributed by atoms with E-state index < -0.39 is 117 Å². The molecule has 4 fully saturated rings. The summed E-state index contributed by atoms with van der Waals surface area (Å²) >= 11 is 8.01. The molecule has 0 amide bonds. The number of thioether (sulfide) groups is 2. The third-order valence-corrected chi connectivity index (χ3v) is 31.2. The monoisotopic (exact) mass is 2000 g/mol. The van der Waals surface area contributed by atoms with Crippen molar-refractivity contribution in [3.8, 4) is 92.6 Å². The van der Waals surface area contributed by atoms with Gasteiger partial charge in [-0.25, -0.2) is 24.0 Å². The zero-order valence-corrected chi connectivity index (χ0v) is 82.1. The van der Waals surface area contributed by atoms with E-state index in [2.05, 4.69) is 42.4 Å². The summed E-state index contributed by atoms with van der Waals surface area (Å²) < 4.78 is 89.5. The molecule has 2 unspecified atom stereocenters. The average molecular weight is 2000 g/mol. The highest BCUT2D eigenvalue weighted by Crippen LogP contribution is 2.68. The van der Waals surface area contributed by atoms with Crippen molar-refractivity contribution >= 4 is 82.7 Å². The molecule has 4 saturated heterocycles. The number of phenolic OH excluding ortho intramolecular Hbond substituents is 3. The summed E-state index contributed by atoms with van der Waals surface area (Å²) in [4.78, 5) is 88.9. The normalized spacial score (nSPS) is 24.9. The van der Waals surface area contributed by atoms with E-state index in [9.17, 15) is 49.8 Å². The molecule has 0 radical (unpaired) electrons. The van der Waals surface area contributed by atoms with Crippen LogP contribution < -0.4 is 62.7 Å². The number of piperazine rings is 2. The number of phenols is 3. The van der Waals surface area contributed by atoms with Crippen molar-refractivity contribution in [1.82, 2.24) is 30.2 Å². The van der Waals surface area contributed by atoms with Crippen molar-refractivity contribution in [3.63, 3.8) is 0 Å². The van der Waals surface area contributed by atoms with E-state index in [1.807, 2.05) is 108 Å². The summed E-state index contributed by atoms with van der Waals surface area (Å²) in [5, 5.41) is 64.5. The van der Waals surface area contributed by atoms with Gasteiger partial charge in [0.2, 0.25) is 18.8 Å². The van der Waals surface area contributed by atoms with Gasteiger partial charge in [0.05, 0.1) is 75.2 Å². The molecule has 8 aromatic carbocycles. The number of nitrogens with one attached hydrogen (secondary N) is 2. The molecule has 8 aromatic rings. The Bertz CT molecular complexity index is 6480. The molecule has 0 aromatic heterocycles. The Kier molecular flexibility index (Phi) is 29.7. The summed E-state index contributed by atoms with van der Waals surface area (Å²) in [7, 11) is 9.94. The standard InChI is InChI=1S/C52H54N4O12S.C43H48N4O11S.C9H7ClO.3CH4/c1-26-18-30-19-32-33(22-53)56-34-23-63-49(59)52(31-21-35(61-7)36(20-29(31)16-17-54-52)66-50(60)68-51(3,4)5)24-69-48(42(56)41(55(32)6)38(30)43(58)44(26)62-8)40-39(34)47-46(64-25-65-47)27(2)45(40)67-37(57)15-14-28-12-10-9-11-13-28;1-19-11-22-12-24-25(15-44)47-26-16-54-40(50)43(23-14-27(52-7)28(13-21(23)9-10-45-43)57-41(51)58-42(3,4)5)17-59-39(31-30(26)38-37(55-18-56-38)20(2)34(31)48)33(47)32(46(24)6)29(22)35(49)36(19)53-8;10-9(11)7-6-8-4-2-1-3-5-8;;;/h9-15,18,20-21,32-34,41-42,48,54,58H,16-17,19,23-25H2,1-8H3;11,13-14,24-26,32-33,39,45,48-49H,9-10,12,16-18H2,1-8H3;1-7H;3*1H4/b15-14+;;7-6+;;;/t32-,33-,34-,41+,42?,48+,52+;24-,25-,26-,32+,33?,39+,43+;;;;/m00..../s1. The summed E-state index contributed by atoms with van der Waals surface area (Å²) in [6.07, 6.45) is 6.20. The highest BCUT2D eigenvalue weighted by atomic mass is 35.5. The van der Waals surface area contributed by atoms with Crippen LogP contribution in [-0.2, 0) is 74.9 Å². The lowest BCUT2D eigenvalue weighted by molar-refractivity contribution is -0.158. The number of allylic oxidation sites excluding steroid dienone is 1. The maximum absolute atomic E-state index is 15.2. The Morgan fingerprint density at radius 1 is 0.500 bits per heavy atom. The number of nitrogens with zero attached hydrogens (tertiary/aromatic N) is 6. The molecule has 752 valence electrons. The summed E-state index contributed by atoms with van der Waals surface area (Å²) in [5.41, 5.74) is 8.22. The number of methoxy groups -OCH3 is 4. The Morgan fingerprint density at radius 3 is 1.32 bits per heavy atom. The van der Waals surface area contributed by atoms with Gasteiger partial charge in [0.25, 0.3) is 0 Å². The third-order valence-electron chi connectivity index (χ3n) is 28.2. The van der Waals surface area contributed by atoms with E-state index in [-0.39, 0.29) is 119 Å². The molecule has 8 bridgehead atoms. The molecule has 14 aliphatic rings. The van der Waals surface area contributed by atoms with Gasteiger partial charge in [-0.15, -0.1) is 23.5 Å². The first kappa shape index (κ1) is 104. The van der Waals surface area contributed by atoms with Gasteiger partial charge < -0.3 is 86.4 Å². The first-order chi connectivity index (χ1) is 66.5. The van der Waals surface area contributed by atoms with Crippen molar-refractivity contribution in [2.45, 2.75) is 210 Å². The Morgan fingerprint density at radius 2 is 0.908 bits per heavy atom. The number of ether oxygens (including phenoxy) is 15. The third kappa shape index (κ3) is 18.1. The van der Waals surface area contributed by atoms with Gasteiger partial charge >= 0.3 is 30.2 Å². The number of nitriles is 2. The Labute approximate surface area is 839 Å². The van der Waals surface area contributed by atoms with Gasteiger partial charge in [0.1, 0.15) is 48.0 Å². The van der Waals surface area contributed by atoms with Crippen molar-refractivity contribution in [3.05, 3.63) is 209 Å². The number of aryl methyl sites for hydroxylation is 2. The number of halogens is 1. The van der Waals surface area contributed by atoms with Crippen LogP contribution in [0, 0.1) is 50.4 Å². The van der Waals surface area contributed by atoms with Gasteiger partial charge in [-0.1, -0.05) is 101 Å². The number of hydrogen-bond acceptors (Lipinski definition) is 34. The lowest BCUT2D eigenvalue weighted by Crippen LogP contribution is -2.69. The van der Waals surface area contributed by atoms with E-state index in [0.717, 1.165) is 44.5 Å². The molecule has 32 nitrogen and oxygen atoms in total. The zero-order valence-electron chi connectivity index (χ0n) is 79.8. The maximum Gasteiger partial charge on any atom is 0.514 e. The summed E-state index contributed by atoms with van der Waals surface area (Å²) in [6.45, 7) is 18.0. The molecular formula is C107H121ClN8O24S2. The van der Waals surface area contributed by atoms with Gasteiger partial charge in [0, 0.05) is 99.3 Å². The molecule has 22 rings (SSSR count). The molecule has 14 heterocycles. The summed E-state index contributed by atoms with van der Waals surface area (Å²) in [5.74, 6) is 1.95. The van der Waals surface area contributed by atoms with E-state index in [1.165, 1.54) is 64.1 Å². The molecular weight excluding hydrogens is 1880 g/mol. The van der Waals surface area contributed by atoms with Gasteiger partial charge in [-0.2, -0.15) is 10.5 Å². The van der Waals surface area contributed by atoms with Crippen molar-refractivity contribution in [2.24, 2.45) is 0 Å². The van der Waals surface area contributed by atoms with Crippen molar-refractivity contribution in [2.75, 3.05) is 93.9 Å². The molecule has 35 heteroatoms. The summed E-state index contributed by atoms with van der Waals surface area (Å²) in [6, 6.07) is 29.3. The highest BCUT2D eigenvalue weighted by molar-refractivity contribution is 7.99. The molecule has 2 spiro atoms. The van der Waals surface area contributed by atoms with Gasteiger partial charge in [-0.3, -0.25) is 35.0 Å². The number of benzene rings is 8. The number of rotatable bonds is 11. The second-order valence-corrected chi connectivity index (χ2v) is 41.0. The minimum Gasteiger partial charge on any atom is -0.507 e. The Balaban J connectivity index is 0.000000191. The van der Waals surface area contributed by atoms with Gasteiger partial charge in [0.15, 0.2) is 80.1 Å². The highest BCUT2D eigenvalue weighted by Gasteiger charge is 2.65. The van der Waals surface area contributed by atoms with Gasteiger partial charge in [-0.05, 0) is 213 Å². The lowest BCUT2D eigenvalue weighted by Gasteiger charge is -2.62. The van der Waals surface area contributed by atoms with Crippen LogP contribution in [0.25, 0.3) is 12.2 Å². The van der Waals surface area contributed by atoms with Crippen LogP contribution in [0.5, 0.6) is 80.5 Å². The van der Waals surface area contributed by atoms with Crippen molar-refractivity contribution in [1.29, 1.82) is 10.5 Å². The second-order valence-electron chi connectivity index (χ2n) is 38.3. The van der Waals surface area contributed by atoms with Crippen LogP contribution in [0.15, 0.2) is 109 Å². The smallest absolute Gasteiger partial charge is 0.507 e. The first-order valence-corrected chi connectivity index (χ1v) is 48.4. The zero-order chi connectivity index (χ0) is 98.7. The first-order valence-electron chi connectivity index (χ1n) is 45.9. The molecule has 142 heavy (non-hydrogen) atoms. The number of likely N-dealkylation sites (N-methyl/N-ethyl adjacent to an activating group) is 2. The number of esters is 3. The topological polar surface area (TPSA) is 386 Å². The fourth-order valence-corrected chi connectivity index (χ4v) is 25.9. The number of carbonyl (C=O) groups excluding carboxylic acids is 6. The molecule has 0 aliphatic carbocycles. The fraction of sp³-hybridized carbons (Fsp3) is 0.439. The average Bonchev–Trinajstić information content (AvgIpc) is 0.979. The van der Waals surface area contributed by atoms with Crippen LogP contribution in [-0.4, -0.2) is 212 Å². The molecule has 14 atom stereocenters. The van der Waals surface area contributed by atoms with Crippen LogP contribution in [0.2, 0.25) is 0 Å². The largest absolute Gasteiger partial charge is 0.514 e. The minimum absolute atomic E-state index is 0. The minimum atomic E-state index is -1.48. The SMILES string of the molecule is C.C.C.COc1cc2c(cc1OC(=O)OC(C)(C)C)CCN[C@]21CS[C@@H]2c3c(O)c(C)c4c(c3[C@H](COC1=O)N1C2[C@H]2c3c(cc(C)c(OC)c3O)C[C@@H]([C@@H]1C#N)N2C)OCO4.COc1cc2c(cc1OC(=O)OC(C)(C)C)CCN[C@]21CS[C@@H]2c3c(OC(=O)/C=C/c4ccccc4)c(C)c4c(c3[C@H](COC1=O)N1C2[C@H]2c3c(cc(C)c(OC)c3O)C[C@@H]([C@@H]1C#N)N2C)OCO4.O=C(Cl)/C=C/c1ccccc1. The number of hydrogen-bond donors (Lipinski definition) is 5. The van der Waals surface area contributed by atoms with E-state index in [0.29, 0.717) is 129 Å². The predicted molar refractivity (Wildman–Crippen MR) is 533 cm³/mol. The van der Waals surface area contributed by atoms with E-state index >= 15 is 4.79 Å². The van der Waals surface area contributed by atoms with Crippen LogP contribution in [0.1, 0.15) is 199 Å². The predicted octanol–water partition coefficient (Wildman–Crippen LogP) is 17.0. The fourth-order valence-electron chi connectivity index (χ4n) is 22.4. The number of fused-ring (bicyclic) bond motifs is 18. The van der Waals surface area contributed by atoms with E-state index in [1.54, 1.807) is 84.9 Å². The Hall–Kier alpha value is -12.6. The lowest BCUT2D eigenvalue weighted by atomic mass is 9.71. The maximum atomic E-state index is 15.2. The number of aromatic hydroxyl groups is 3. The van der Waals surface area contributed by atoms with Crippen molar-refractivity contribution < 1.29 is 115 Å². The molecule has 5 N–H and O–H groups in total. The molecule has 14 aliphatic heterocycles. The van der Waals surface area contributed by atoms with Crippen LogP contribution >= 0.6 is 35.1 Å². The van der Waals surface area contributed by atoms with Crippen LogP contribution in [0.4, 0.5) is 9.59 Å². The number of carbonyl (C=O) groups is 6.